The van der Waals surface area contributed by atoms with Crippen molar-refractivity contribution in [2.45, 2.75) is 103 Å². The lowest BCUT2D eigenvalue weighted by atomic mass is 9.63. The topological polar surface area (TPSA) is 0 Å². The first-order valence-corrected chi connectivity index (χ1v) is 13.7. The zero-order chi connectivity index (χ0) is 24.1. The molecular weight excluding hydrogens is 429 g/mol. The van der Waals surface area contributed by atoms with Crippen LogP contribution in [0.4, 0.5) is 13.2 Å². The molecule has 0 nitrogen and oxygen atoms in total. The van der Waals surface area contributed by atoms with Crippen LogP contribution in [0.15, 0.2) is 30.4 Å². The van der Waals surface area contributed by atoms with Crippen molar-refractivity contribution in [1.29, 1.82) is 0 Å². The Labute approximate surface area is 204 Å². The minimum absolute atomic E-state index is 0.0404. The summed E-state index contributed by atoms with van der Waals surface area (Å²) >= 11 is 0. The van der Waals surface area contributed by atoms with Crippen LogP contribution in [0.25, 0.3) is 10.8 Å². The first-order chi connectivity index (χ1) is 16.5. The average molecular weight is 471 g/mol. The van der Waals surface area contributed by atoms with Gasteiger partial charge in [-0.1, -0.05) is 69.7 Å². The highest BCUT2D eigenvalue weighted by molar-refractivity contribution is 5.85. The van der Waals surface area contributed by atoms with Crippen LogP contribution in [-0.2, 0) is 6.42 Å². The maximum absolute atomic E-state index is 15.3. The number of unbranched alkanes of at least 4 members (excludes halogenated alkanes) is 3. The standard InChI is InChI=1S/C31H41F3/c1-3-5-7-9-10-21-12-13-24-19-25(16-15-23(24)18-21)27-20-26-17-14-22(11-8-6-4-2)29(32)28(26)31(34)30(27)33/h4,6,14,17,20-21,23-25H,3,5,7-13,15-16,18-19H2,1-2H3/b6-4+. The Kier molecular flexibility index (Phi) is 8.77. The number of halogens is 3. The fourth-order valence-electron chi connectivity index (χ4n) is 6.73. The van der Waals surface area contributed by atoms with E-state index in [0.29, 0.717) is 35.3 Å². The Morgan fingerprint density at radius 3 is 2.47 bits per heavy atom. The van der Waals surface area contributed by atoms with Crippen LogP contribution in [0, 0.1) is 35.2 Å². The molecule has 2 aromatic carbocycles. The summed E-state index contributed by atoms with van der Waals surface area (Å²) in [7, 11) is 0. The van der Waals surface area contributed by atoms with Gasteiger partial charge in [0.15, 0.2) is 11.6 Å². The molecule has 0 radical (unpaired) electrons. The van der Waals surface area contributed by atoms with Gasteiger partial charge in [-0.05, 0) is 98.1 Å². The van der Waals surface area contributed by atoms with Gasteiger partial charge >= 0.3 is 0 Å². The normalized spacial score (nSPS) is 25.2. The van der Waals surface area contributed by atoms with Gasteiger partial charge in [-0.25, -0.2) is 13.2 Å². The molecular formula is C31H41F3. The minimum atomic E-state index is -1.00. The smallest absolute Gasteiger partial charge is 0.169 e. The molecule has 2 saturated carbocycles. The molecule has 2 aliphatic carbocycles. The van der Waals surface area contributed by atoms with Crippen molar-refractivity contribution in [2.75, 3.05) is 0 Å². The van der Waals surface area contributed by atoms with Gasteiger partial charge < -0.3 is 0 Å². The molecule has 0 saturated heterocycles. The summed E-state index contributed by atoms with van der Waals surface area (Å²) in [6.45, 7) is 4.18. The monoisotopic (exact) mass is 470 g/mol. The van der Waals surface area contributed by atoms with Gasteiger partial charge in [0.2, 0.25) is 0 Å². The van der Waals surface area contributed by atoms with Crippen LogP contribution in [0.5, 0.6) is 0 Å². The lowest BCUT2D eigenvalue weighted by Gasteiger charge is -2.42. The van der Waals surface area contributed by atoms with Crippen LogP contribution in [0.1, 0.15) is 108 Å². The number of fused-ring (bicyclic) bond motifs is 2. The Morgan fingerprint density at radius 1 is 0.882 bits per heavy atom. The number of hydrogen-bond acceptors (Lipinski definition) is 0. The molecule has 2 fully saturated rings. The zero-order valence-electron chi connectivity index (χ0n) is 21.0. The zero-order valence-corrected chi connectivity index (χ0v) is 21.0. The van der Waals surface area contributed by atoms with Gasteiger partial charge in [-0.2, -0.15) is 0 Å². The first kappa shape index (κ1) is 25.3. The number of aryl methyl sites for hydroxylation is 1. The van der Waals surface area contributed by atoms with E-state index in [1.807, 2.05) is 19.1 Å². The molecule has 0 spiro atoms. The van der Waals surface area contributed by atoms with Crippen molar-refractivity contribution in [2.24, 2.45) is 17.8 Å². The minimum Gasteiger partial charge on any atom is -0.206 e. The summed E-state index contributed by atoms with van der Waals surface area (Å²) in [6.07, 6.45) is 18.5. The molecule has 4 atom stereocenters. The predicted octanol–water partition coefficient (Wildman–Crippen LogP) is 10.0. The molecule has 4 unspecified atom stereocenters. The maximum Gasteiger partial charge on any atom is 0.169 e. The van der Waals surface area contributed by atoms with E-state index in [9.17, 15) is 0 Å². The molecule has 2 aliphatic rings. The van der Waals surface area contributed by atoms with E-state index in [2.05, 4.69) is 6.92 Å². The summed E-state index contributed by atoms with van der Waals surface area (Å²) in [5, 5.41) is 0.301. The second-order valence-electron chi connectivity index (χ2n) is 10.9. The second kappa shape index (κ2) is 11.8. The highest BCUT2D eigenvalue weighted by Gasteiger charge is 2.37. The van der Waals surface area contributed by atoms with Crippen molar-refractivity contribution >= 4 is 10.8 Å². The van der Waals surface area contributed by atoms with Crippen molar-refractivity contribution in [3.8, 4) is 0 Å². The van der Waals surface area contributed by atoms with Crippen molar-refractivity contribution in [3.63, 3.8) is 0 Å². The SMILES string of the molecule is C/C=C/CCc1ccc2cc(C3CCC4CC(CCCCCC)CCC4C3)c(F)c(F)c2c1F. The van der Waals surface area contributed by atoms with Crippen molar-refractivity contribution < 1.29 is 13.2 Å². The molecule has 0 bridgehead atoms. The summed E-state index contributed by atoms with van der Waals surface area (Å²) in [4.78, 5) is 0. The van der Waals surface area contributed by atoms with Gasteiger partial charge in [0.25, 0.3) is 0 Å². The Bertz CT molecular complexity index is 992. The number of rotatable bonds is 9. The molecule has 186 valence electrons. The molecule has 0 N–H and O–H groups in total. The van der Waals surface area contributed by atoms with E-state index >= 15 is 13.2 Å². The van der Waals surface area contributed by atoms with Crippen molar-refractivity contribution in [1.82, 2.24) is 0 Å². The van der Waals surface area contributed by atoms with E-state index in [-0.39, 0.29) is 11.3 Å². The van der Waals surface area contributed by atoms with Gasteiger partial charge in [-0.3, -0.25) is 0 Å². The van der Waals surface area contributed by atoms with Crippen LogP contribution < -0.4 is 0 Å². The summed E-state index contributed by atoms with van der Waals surface area (Å²) in [5.41, 5.74) is 0.912. The van der Waals surface area contributed by atoms with Crippen LogP contribution >= 0.6 is 0 Å². The second-order valence-corrected chi connectivity index (χ2v) is 10.9. The van der Waals surface area contributed by atoms with E-state index in [1.165, 1.54) is 51.4 Å². The van der Waals surface area contributed by atoms with Gasteiger partial charge in [-0.15, -0.1) is 0 Å². The molecule has 3 heteroatoms. The third-order valence-electron chi connectivity index (χ3n) is 8.67. The largest absolute Gasteiger partial charge is 0.206 e. The first-order valence-electron chi connectivity index (χ1n) is 13.7. The number of benzene rings is 2. The highest BCUT2D eigenvalue weighted by Crippen LogP contribution is 2.49. The maximum atomic E-state index is 15.3. The van der Waals surface area contributed by atoms with Gasteiger partial charge in [0.05, 0.1) is 5.39 Å². The Hall–Kier alpha value is -1.77. The number of hydrogen-bond donors (Lipinski definition) is 0. The summed E-state index contributed by atoms with van der Waals surface area (Å²) in [5.74, 6) is -0.179. The predicted molar refractivity (Wildman–Crippen MR) is 137 cm³/mol. The van der Waals surface area contributed by atoms with E-state index in [1.54, 1.807) is 18.2 Å². The lowest BCUT2D eigenvalue weighted by molar-refractivity contribution is 0.112. The quantitative estimate of drug-likeness (QED) is 0.253. The Morgan fingerprint density at radius 2 is 1.68 bits per heavy atom. The third-order valence-corrected chi connectivity index (χ3v) is 8.67. The lowest BCUT2D eigenvalue weighted by Crippen LogP contribution is -2.30. The molecule has 4 rings (SSSR count). The summed E-state index contributed by atoms with van der Waals surface area (Å²) < 4.78 is 45.5. The van der Waals surface area contributed by atoms with Crippen molar-refractivity contribution in [3.05, 3.63) is 58.9 Å². The fraction of sp³-hybridized carbons (Fsp3) is 0.613. The molecule has 0 amide bonds. The molecule has 34 heavy (non-hydrogen) atoms. The van der Waals surface area contributed by atoms with Crippen LogP contribution in [-0.4, -0.2) is 0 Å². The number of allylic oxidation sites excluding steroid dienone is 2. The van der Waals surface area contributed by atoms with Crippen LogP contribution in [0.3, 0.4) is 0 Å². The van der Waals surface area contributed by atoms with E-state index in [0.717, 1.165) is 31.1 Å². The molecule has 0 aromatic heterocycles. The summed E-state index contributed by atoms with van der Waals surface area (Å²) in [6, 6.07) is 5.24. The Balaban J connectivity index is 1.46. The van der Waals surface area contributed by atoms with E-state index < -0.39 is 17.5 Å². The highest BCUT2D eigenvalue weighted by atomic mass is 19.2. The molecule has 0 heterocycles. The fourth-order valence-corrected chi connectivity index (χ4v) is 6.73. The third kappa shape index (κ3) is 5.55. The van der Waals surface area contributed by atoms with Gasteiger partial charge in [0, 0.05) is 0 Å². The average Bonchev–Trinajstić information content (AvgIpc) is 2.85. The molecule has 0 aliphatic heterocycles. The van der Waals surface area contributed by atoms with Crippen LogP contribution in [0.2, 0.25) is 0 Å². The van der Waals surface area contributed by atoms with Gasteiger partial charge in [0.1, 0.15) is 5.82 Å². The van der Waals surface area contributed by atoms with E-state index in [4.69, 9.17) is 0 Å². The molecule has 2 aromatic rings.